The molecule has 1 saturated carbocycles. The Bertz CT molecular complexity index is 269. The average molecular weight is 258 g/mol. The summed E-state index contributed by atoms with van der Waals surface area (Å²) in [7, 11) is -3.15. The van der Waals surface area contributed by atoms with Crippen molar-refractivity contribution in [2.75, 3.05) is 17.9 Å². The first-order valence-corrected chi connectivity index (χ1v) is 8.15. The summed E-state index contributed by atoms with van der Waals surface area (Å²) in [5, 5.41) is 0.431. The van der Waals surface area contributed by atoms with Gasteiger partial charge in [0.15, 0.2) is 0 Å². The molecule has 0 amide bonds. The zero-order valence-corrected chi connectivity index (χ0v) is 10.6. The van der Waals surface area contributed by atoms with E-state index in [-0.39, 0.29) is 17.7 Å². The van der Waals surface area contributed by atoms with Crippen molar-refractivity contribution in [3.63, 3.8) is 0 Å². The zero-order valence-electron chi connectivity index (χ0n) is 8.20. The van der Waals surface area contributed by atoms with Gasteiger partial charge in [-0.15, -0.1) is 11.6 Å². The van der Waals surface area contributed by atoms with Gasteiger partial charge in [-0.05, 0) is 19.1 Å². The predicted molar refractivity (Wildman–Crippen MR) is 62.6 cm³/mol. The average Bonchev–Trinajstić information content (AvgIpc) is 2.50. The monoisotopic (exact) mass is 257 g/mol. The van der Waals surface area contributed by atoms with Gasteiger partial charge < -0.3 is 0 Å². The van der Waals surface area contributed by atoms with Crippen LogP contribution >= 0.6 is 23.4 Å². The van der Waals surface area contributed by atoms with Gasteiger partial charge in [0.25, 0.3) is 0 Å². The Labute approximate surface area is 95.0 Å². The molecule has 1 fully saturated rings. The summed E-state index contributed by atoms with van der Waals surface area (Å²) in [4.78, 5) is 0. The Morgan fingerprint density at radius 3 is 2.79 bits per heavy atom. The molecule has 1 aliphatic rings. The maximum atomic E-state index is 11.4. The normalized spacial score (nSPS) is 28.1. The van der Waals surface area contributed by atoms with Crippen LogP contribution in [0.2, 0.25) is 0 Å². The summed E-state index contributed by atoms with van der Waals surface area (Å²) < 4.78 is 25.6. The molecule has 0 aromatic rings. The fraction of sp³-hybridized carbons (Fsp3) is 1.00. The van der Waals surface area contributed by atoms with E-state index in [2.05, 4.69) is 4.72 Å². The molecule has 84 valence electrons. The van der Waals surface area contributed by atoms with Crippen LogP contribution < -0.4 is 4.72 Å². The molecule has 0 radical (unpaired) electrons. The molecule has 0 heterocycles. The number of hydrogen-bond donors (Lipinski definition) is 1. The lowest BCUT2D eigenvalue weighted by molar-refractivity contribution is 0.556. The van der Waals surface area contributed by atoms with Crippen LogP contribution in [0, 0.1) is 0 Å². The van der Waals surface area contributed by atoms with Gasteiger partial charge in [-0.2, -0.15) is 11.8 Å². The summed E-state index contributed by atoms with van der Waals surface area (Å²) in [5.74, 6) is 0.179. The van der Waals surface area contributed by atoms with E-state index in [9.17, 15) is 8.42 Å². The van der Waals surface area contributed by atoms with Crippen LogP contribution in [0.5, 0.6) is 0 Å². The lowest BCUT2D eigenvalue weighted by Crippen LogP contribution is -2.40. The van der Waals surface area contributed by atoms with Crippen LogP contribution in [0.3, 0.4) is 0 Å². The SMILES string of the molecule is CSC1CCCC1NS(=O)(=O)CCCl. The Morgan fingerprint density at radius 1 is 1.50 bits per heavy atom. The first kappa shape index (κ1) is 12.6. The van der Waals surface area contributed by atoms with E-state index in [1.54, 1.807) is 11.8 Å². The maximum absolute atomic E-state index is 11.4. The maximum Gasteiger partial charge on any atom is 0.213 e. The van der Waals surface area contributed by atoms with Crippen molar-refractivity contribution < 1.29 is 8.42 Å². The molecule has 2 unspecified atom stereocenters. The predicted octanol–water partition coefficient (Wildman–Crippen LogP) is 1.43. The highest BCUT2D eigenvalue weighted by molar-refractivity contribution is 7.99. The summed E-state index contributed by atoms with van der Waals surface area (Å²) >= 11 is 7.16. The number of thioether (sulfide) groups is 1. The Hall–Kier alpha value is 0.550. The van der Waals surface area contributed by atoms with E-state index in [1.165, 1.54) is 0 Å². The van der Waals surface area contributed by atoms with Crippen molar-refractivity contribution in [3.05, 3.63) is 0 Å². The number of nitrogens with one attached hydrogen (secondary N) is 1. The molecule has 0 spiro atoms. The highest BCUT2D eigenvalue weighted by Crippen LogP contribution is 2.28. The third kappa shape index (κ3) is 3.61. The van der Waals surface area contributed by atoms with Crippen LogP contribution in [0.1, 0.15) is 19.3 Å². The van der Waals surface area contributed by atoms with Gasteiger partial charge in [-0.1, -0.05) is 6.42 Å². The lowest BCUT2D eigenvalue weighted by atomic mass is 10.3. The highest BCUT2D eigenvalue weighted by Gasteiger charge is 2.29. The van der Waals surface area contributed by atoms with Gasteiger partial charge in [-0.3, -0.25) is 0 Å². The Balaban J connectivity index is 2.51. The second kappa shape index (κ2) is 5.58. The number of halogens is 1. The minimum absolute atomic E-state index is 0.0200. The van der Waals surface area contributed by atoms with Gasteiger partial charge in [0.2, 0.25) is 10.0 Å². The van der Waals surface area contributed by atoms with Gasteiger partial charge >= 0.3 is 0 Å². The fourth-order valence-electron chi connectivity index (χ4n) is 1.73. The van der Waals surface area contributed by atoms with E-state index in [0.717, 1.165) is 19.3 Å². The quantitative estimate of drug-likeness (QED) is 0.758. The van der Waals surface area contributed by atoms with Crippen LogP contribution in [0.15, 0.2) is 0 Å². The van der Waals surface area contributed by atoms with Gasteiger partial charge in [-0.25, -0.2) is 13.1 Å². The second-order valence-corrected chi connectivity index (χ2v) is 6.77. The van der Waals surface area contributed by atoms with Crippen LogP contribution in [-0.4, -0.2) is 37.6 Å². The molecule has 1 rings (SSSR count). The molecular formula is C8H16ClNO2S2. The van der Waals surface area contributed by atoms with E-state index in [1.807, 2.05) is 6.26 Å². The smallest absolute Gasteiger partial charge is 0.212 e. The molecule has 0 aliphatic heterocycles. The topological polar surface area (TPSA) is 46.2 Å². The summed E-state index contributed by atoms with van der Waals surface area (Å²) in [6.45, 7) is 0. The second-order valence-electron chi connectivity index (χ2n) is 3.44. The van der Waals surface area contributed by atoms with Crippen molar-refractivity contribution in [1.29, 1.82) is 0 Å². The van der Waals surface area contributed by atoms with Crippen molar-refractivity contribution >= 4 is 33.4 Å². The number of rotatable bonds is 5. The van der Waals surface area contributed by atoms with Gasteiger partial charge in [0, 0.05) is 17.2 Å². The van der Waals surface area contributed by atoms with Crippen molar-refractivity contribution in [1.82, 2.24) is 4.72 Å². The molecule has 2 atom stereocenters. The number of sulfonamides is 1. The van der Waals surface area contributed by atoms with E-state index in [0.29, 0.717) is 5.25 Å². The molecule has 0 aromatic heterocycles. The summed E-state index contributed by atoms with van der Waals surface area (Å²) in [5.41, 5.74) is 0. The van der Waals surface area contributed by atoms with Crippen molar-refractivity contribution in [2.45, 2.75) is 30.6 Å². The molecule has 0 saturated heterocycles. The molecule has 3 nitrogen and oxygen atoms in total. The van der Waals surface area contributed by atoms with E-state index in [4.69, 9.17) is 11.6 Å². The molecule has 1 aliphatic carbocycles. The minimum atomic E-state index is -3.15. The molecule has 0 bridgehead atoms. The molecule has 1 N–H and O–H groups in total. The Morgan fingerprint density at radius 2 is 2.21 bits per heavy atom. The first-order chi connectivity index (χ1) is 6.59. The highest BCUT2D eigenvalue weighted by atomic mass is 35.5. The minimum Gasteiger partial charge on any atom is -0.212 e. The van der Waals surface area contributed by atoms with Crippen LogP contribution in [0.25, 0.3) is 0 Å². The summed E-state index contributed by atoms with van der Waals surface area (Å²) in [6, 6.07) is 0.109. The fourth-order valence-corrected chi connectivity index (χ4v) is 4.43. The van der Waals surface area contributed by atoms with Crippen LogP contribution in [-0.2, 0) is 10.0 Å². The number of alkyl halides is 1. The largest absolute Gasteiger partial charge is 0.213 e. The molecular weight excluding hydrogens is 242 g/mol. The van der Waals surface area contributed by atoms with Gasteiger partial charge in [0.05, 0.1) is 5.75 Å². The third-order valence-corrected chi connectivity index (χ3v) is 5.42. The first-order valence-electron chi connectivity index (χ1n) is 4.68. The van der Waals surface area contributed by atoms with Crippen LogP contribution in [0.4, 0.5) is 0 Å². The summed E-state index contributed by atoms with van der Waals surface area (Å²) in [6.07, 6.45) is 5.20. The third-order valence-electron chi connectivity index (χ3n) is 2.43. The Kier molecular flexibility index (Phi) is 5.03. The lowest BCUT2D eigenvalue weighted by Gasteiger charge is -2.18. The molecule has 0 aromatic carbocycles. The van der Waals surface area contributed by atoms with Gasteiger partial charge in [0.1, 0.15) is 0 Å². The standard InChI is InChI=1S/C8H16ClNO2S2/c1-13-8-4-2-3-7(8)10-14(11,12)6-5-9/h7-8,10H,2-6H2,1H3. The molecule has 14 heavy (non-hydrogen) atoms. The number of hydrogen-bond acceptors (Lipinski definition) is 3. The molecule has 6 heteroatoms. The zero-order chi connectivity index (χ0) is 10.6. The van der Waals surface area contributed by atoms with E-state index >= 15 is 0 Å². The van der Waals surface area contributed by atoms with Crippen molar-refractivity contribution in [3.8, 4) is 0 Å². The van der Waals surface area contributed by atoms with E-state index < -0.39 is 10.0 Å². The van der Waals surface area contributed by atoms with Crippen molar-refractivity contribution in [2.24, 2.45) is 0 Å².